The maximum atomic E-state index is 13.5. The van der Waals surface area contributed by atoms with Crippen molar-refractivity contribution < 1.29 is 4.39 Å². The largest absolute Gasteiger partial charge is 0.381 e. The molecule has 2 aromatic carbocycles. The minimum Gasteiger partial charge on any atom is -0.381 e. The Morgan fingerprint density at radius 3 is 2.39 bits per heavy atom. The summed E-state index contributed by atoms with van der Waals surface area (Å²) < 4.78 is 13.5. The zero-order chi connectivity index (χ0) is 13.0. The summed E-state index contributed by atoms with van der Waals surface area (Å²) in [4.78, 5) is 0. The summed E-state index contributed by atoms with van der Waals surface area (Å²) in [7, 11) is 0. The van der Waals surface area contributed by atoms with Crippen LogP contribution in [0, 0.1) is 5.82 Å². The standard InChI is InChI=1S/C16H18FN/c1-12(2)14-8-4-6-10-16(14)18-11-13-7-3-5-9-15(13)17/h3-10,12,18H,11H2,1-2H3. The van der Waals surface area contributed by atoms with Gasteiger partial charge >= 0.3 is 0 Å². The van der Waals surface area contributed by atoms with E-state index < -0.39 is 0 Å². The highest BCUT2D eigenvalue weighted by atomic mass is 19.1. The Balaban J connectivity index is 2.14. The smallest absolute Gasteiger partial charge is 0.128 e. The summed E-state index contributed by atoms with van der Waals surface area (Å²) in [5.41, 5.74) is 3.03. The molecule has 0 unspecified atom stereocenters. The average Bonchev–Trinajstić information content (AvgIpc) is 2.38. The Kier molecular flexibility index (Phi) is 3.98. The van der Waals surface area contributed by atoms with E-state index in [1.165, 1.54) is 11.6 Å². The first-order valence-corrected chi connectivity index (χ1v) is 6.24. The van der Waals surface area contributed by atoms with Gasteiger partial charge in [-0.25, -0.2) is 4.39 Å². The first kappa shape index (κ1) is 12.6. The lowest BCUT2D eigenvalue weighted by Gasteiger charge is -2.14. The van der Waals surface area contributed by atoms with Gasteiger partial charge in [0.05, 0.1) is 0 Å². The number of benzene rings is 2. The molecule has 0 fully saturated rings. The molecule has 0 heterocycles. The molecule has 2 heteroatoms. The van der Waals surface area contributed by atoms with Gasteiger partial charge in [-0.2, -0.15) is 0 Å². The van der Waals surface area contributed by atoms with E-state index in [1.807, 2.05) is 24.3 Å². The Morgan fingerprint density at radius 1 is 1.00 bits per heavy atom. The van der Waals surface area contributed by atoms with E-state index in [4.69, 9.17) is 0 Å². The molecular weight excluding hydrogens is 225 g/mol. The molecule has 0 aromatic heterocycles. The van der Waals surface area contributed by atoms with Crippen molar-refractivity contribution in [2.24, 2.45) is 0 Å². The molecule has 2 aromatic rings. The van der Waals surface area contributed by atoms with Crippen LogP contribution in [0.3, 0.4) is 0 Å². The molecule has 0 amide bonds. The third kappa shape index (κ3) is 2.89. The van der Waals surface area contributed by atoms with E-state index in [2.05, 4.69) is 25.2 Å². The summed E-state index contributed by atoms with van der Waals surface area (Å²) in [5.74, 6) is 0.293. The van der Waals surface area contributed by atoms with Gasteiger partial charge < -0.3 is 5.32 Å². The zero-order valence-corrected chi connectivity index (χ0v) is 10.8. The maximum Gasteiger partial charge on any atom is 0.128 e. The average molecular weight is 243 g/mol. The van der Waals surface area contributed by atoms with Crippen LogP contribution < -0.4 is 5.32 Å². The van der Waals surface area contributed by atoms with Gasteiger partial charge in [-0.1, -0.05) is 50.2 Å². The molecule has 0 saturated heterocycles. The molecule has 1 nitrogen and oxygen atoms in total. The van der Waals surface area contributed by atoms with Crippen molar-refractivity contribution in [3.63, 3.8) is 0 Å². The maximum absolute atomic E-state index is 13.5. The van der Waals surface area contributed by atoms with Gasteiger partial charge in [-0.05, 0) is 23.6 Å². The van der Waals surface area contributed by atoms with E-state index in [0.29, 0.717) is 18.0 Å². The van der Waals surface area contributed by atoms with Gasteiger partial charge in [0.15, 0.2) is 0 Å². The van der Waals surface area contributed by atoms with Gasteiger partial charge in [0.1, 0.15) is 5.82 Å². The highest BCUT2D eigenvalue weighted by Crippen LogP contribution is 2.24. The predicted octanol–water partition coefficient (Wildman–Crippen LogP) is 4.56. The van der Waals surface area contributed by atoms with Crippen LogP contribution in [0.1, 0.15) is 30.9 Å². The first-order valence-electron chi connectivity index (χ1n) is 6.24. The Labute approximate surface area is 108 Å². The summed E-state index contributed by atoms with van der Waals surface area (Å²) in [6, 6.07) is 15.0. The topological polar surface area (TPSA) is 12.0 Å². The first-order chi connectivity index (χ1) is 8.68. The molecule has 2 rings (SSSR count). The van der Waals surface area contributed by atoms with Crippen molar-refractivity contribution in [2.75, 3.05) is 5.32 Å². The second-order valence-corrected chi connectivity index (χ2v) is 4.69. The molecule has 94 valence electrons. The highest BCUT2D eigenvalue weighted by molar-refractivity contribution is 5.52. The third-order valence-electron chi connectivity index (χ3n) is 3.01. The predicted molar refractivity (Wildman–Crippen MR) is 74.3 cm³/mol. The zero-order valence-electron chi connectivity index (χ0n) is 10.8. The molecule has 0 saturated carbocycles. The van der Waals surface area contributed by atoms with Crippen molar-refractivity contribution in [3.05, 3.63) is 65.5 Å². The van der Waals surface area contributed by atoms with Crippen molar-refractivity contribution in [3.8, 4) is 0 Å². The summed E-state index contributed by atoms with van der Waals surface area (Å²) in [6.45, 7) is 4.82. The Morgan fingerprint density at radius 2 is 1.67 bits per heavy atom. The van der Waals surface area contributed by atoms with Gasteiger partial charge in [-0.15, -0.1) is 0 Å². The number of halogens is 1. The Bertz CT molecular complexity index is 520. The molecule has 0 aliphatic heterocycles. The van der Waals surface area contributed by atoms with Gasteiger partial charge in [0.2, 0.25) is 0 Å². The van der Waals surface area contributed by atoms with Crippen molar-refractivity contribution >= 4 is 5.69 Å². The minimum absolute atomic E-state index is 0.160. The number of hydrogen-bond acceptors (Lipinski definition) is 1. The molecule has 0 aliphatic carbocycles. The van der Waals surface area contributed by atoms with E-state index in [1.54, 1.807) is 12.1 Å². The highest BCUT2D eigenvalue weighted by Gasteiger charge is 2.06. The molecule has 18 heavy (non-hydrogen) atoms. The van der Waals surface area contributed by atoms with Gasteiger partial charge in [-0.3, -0.25) is 0 Å². The van der Waals surface area contributed by atoms with Crippen LogP contribution in [-0.4, -0.2) is 0 Å². The second-order valence-electron chi connectivity index (χ2n) is 4.69. The monoisotopic (exact) mass is 243 g/mol. The van der Waals surface area contributed by atoms with E-state index >= 15 is 0 Å². The van der Waals surface area contributed by atoms with Crippen LogP contribution in [0.15, 0.2) is 48.5 Å². The molecule has 0 aliphatic rings. The lowest BCUT2D eigenvalue weighted by Crippen LogP contribution is -2.04. The Hall–Kier alpha value is -1.83. The SMILES string of the molecule is CC(C)c1ccccc1NCc1ccccc1F. The second kappa shape index (κ2) is 5.67. The fourth-order valence-electron chi connectivity index (χ4n) is 1.99. The fraction of sp³-hybridized carbons (Fsp3) is 0.250. The van der Waals surface area contributed by atoms with Crippen LogP contribution in [0.4, 0.5) is 10.1 Å². The molecular formula is C16H18FN. The number of para-hydroxylation sites is 1. The molecule has 0 atom stereocenters. The number of nitrogens with one attached hydrogen (secondary N) is 1. The lowest BCUT2D eigenvalue weighted by molar-refractivity contribution is 0.613. The summed E-state index contributed by atoms with van der Waals surface area (Å²) >= 11 is 0. The van der Waals surface area contributed by atoms with E-state index in [0.717, 1.165) is 5.69 Å². The fourth-order valence-corrected chi connectivity index (χ4v) is 1.99. The number of anilines is 1. The van der Waals surface area contributed by atoms with Crippen LogP contribution in [0.25, 0.3) is 0 Å². The van der Waals surface area contributed by atoms with Crippen LogP contribution in [-0.2, 0) is 6.54 Å². The normalized spacial score (nSPS) is 10.7. The number of hydrogen-bond donors (Lipinski definition) is 1. The minimum atomic E-state index is -0.160. The molecule has 1 N–H and O–H groups in total. The van der Waals surface area contributed by atoms with Crippen molar-refractivity contribution in [1.29, 1.82) is 0 Å². The van der Waals surface area contributed by atoms with E-state index in [9.17, 15) is 4.39 Å². The quantitative estimate of drug-likeness (QED) is 0.830. The number of rotatable bonds is 4. The molecule has 0 radical (unpaired) electrons. The van der Waals surface area contributed by atoms with Crippen molar-refractivity contribution in [2.45, 2.75) is 26.3 Å². The third-order valence-corrected chi connectivity index (χ3v) is 3.01. The lowest BCUT2D eigenvalue weighted by atomic mass is 10.0. The summed E-state index contributed by atoms with van der Waals surface area (Å²) in [5, 5.41) is 3.31. The molecule has 0 spiro atoms. The van der Waals surface area contributed by atoms with Gasteiger partial charge in [0.25, 0.3) is 0 Å². The van der Waals surface area contributed by atoms with Crippen LogP contribution in [0.5, 0.6) is 0 Å². The van der Waals surface area contributed by atoms with Crippen LogP contribution >= 0.6 is 0 Å². The molecule has 0 bridgehead atoms. The van der Waals surface area contributed by atoms with E-state index in [-0.39, 0.29) is 5.82 Å². The van der Waals surface area contributed by atoms with Crippen LogP contribution in [0.2, 0.25) is 0 Å². The van der Waals surface area contributed by atoms with Gasteiger partial charge in [0, 0.05) is 17.8 Å². The summed E-state index contributed by atoms with van der Waals surface area (Å²) in [6.07, 6.45) is 0. The van der Waals surface area contributed by atoms with Crippen molar-refractivity contribution in [1.82, 2.24) is 0 Å².